The molecule has 3 rings (SSSR count). The topological polar surface area (TPSA) is 87.6 Å². The molecule has 4 N–H and O–H groups in total. The van der Waals surface area contributed by atoms with Gasteiger partial charge in [0.2, 0.25) is 5.95 Å². The standard InChI is InChI=1S/C12H10N4OS/c13-12-15-9-8(6-14-10(9)11(17)16-12)18-7-4-2-1-3-5-7/h1-6,14H,(H3,13,15,16,17). The Morgan fingerprint density at radius 3 is 2.78 bits per heavy atom. The van der Waals surface area contributed by atoms with Crippen molar-refractivity contribution in [3.05, 3.63) is 46.9 Å². The van der Waals surface area contributed by atoms with Crippen LogP contribution >= 0.6 is 11.8 Å². The first-order valence-electron chi connectivity index (χ1n) is 5.34. The van der Waals surface area contributed by atoms with Gasteiger partial charge >= 0.3 is 0 Å². The summed E-state index contributed by atoms with van der Waals surface area (Å²) in [6.07, 6.45) is 1.77. The van der Waals surface area contributed by atoms with Crippen molar-refractivity contribution in [2.45, 2.75) is 9.79 Å². The number of rotatable bonds is 2. The minimum absolute atomic E-state index is 0.127. The zero-order valence-electron chi connectivity index (χ0n) is 9.31. The lowest BCUT2D eigenvalue weighted by molar-refractivity contribution is 1.18. The Morgan fingerprint density at radius 2 is 2.00 bits per heavy atom. The quantitative estimate of drug-likeness (QED) is 0.656. The molecule has 2 aromatic heterocycles. The summed E-state index contributed by atoms with van der Waals surface area (Å²) in [7, 11) is 0. The Bertz CT molecular complexity index is 748. The van der Waals surface area contributed by atoms with E-state index in [0.29, 0.717) is 11.0 Å². The predicted molar refractivity (Wildman–Crippen MR) is 71.7 cm³/mol. The number of aromatic nitrogens is 3. The van der Waals surface area contributed by atoms with Crippen molar-refractivity contribution in [1.82, 2.24) is 15.0 Å². The average molecular weight is 258 g/mol. The lowest BCUT2D eigenvalue weighted by Crippen LogP contribution is -2.10. The number of fused-ring (bicyclic) bond motifs is 1. The molecule has 0 saturated heterocycles. The normalized spacial score (nSPS) is 10.9. The first-order valence-corrected chi connectivity index (χ1v) is 6.15. The van der Waals surface area contributed by atoms with Gasteiger partial charge in [0.15, 0.2) is 0 Å². The highest BCUT2D eigenvalue weighted by Crippen LogP contribution is 2.31. The summed E-state index contributed by atoms with van der Waals surface area (Å²) in [6, 6.07) is 9.89. The first-order chi connectivity index (χ1) is 8.74. The van der Waals surface area contributed by atoms with Gasteiger partial charge in [-0.3, -0.25) is 9.78 Å². The molecular formula is C12H10N4OS. The Balaban J connectivity index is 2.11. The van der Waals surface area contributed by atoms with Crippen LogP contribution in [-0.4, -0.2) is 15.0 Å². The lowest BCUT2D eigenvalue weighted by atomic mass is 10.4. The van der Waals surface area contributed by atoms with E-state index < -0.39 is 0 Å². The maximum atomic E-state index is 11.6. The van der Waals surface area contributed by atoms with Gasteiger partial charge in [0.25, 0.3) is 5.56 Å². The van der Waals surface area contributed by atoms with Crippen molar-refractivity contribution >= 4 is 28.7 Å². The van der Waals surface area contributed by atoms with Crippen LogP contribution in [0.1, 0.15) is 0 Å². The molecule has 0 atom stereocenters. The van der Waals surface area contributed by atoms with Crippen molar-refractivity contribution < 1.29 is 0 Å². The summed E-state index contributed by atoms with van der Waals surface area (Å²) in [6.45, 7) is 0. The summed E-state index contributed by atoms with van der Waals surface area (Å²) in [5, 5.41) is 0. The SMILES string of the molecule is Nc1nc2c(Sc3ccccc3)c[nH]c2c(=O)[nH]1. The number of anilines is 1. The second-order valence-corrected chi connectivity index (χ2v) is 4.86. The fourth-order valence-corrected chi connectivity index (χ4v) is 2.61. The molecule has 18 heavy (non-hydrogen) atoms. The molecule has 0 amide bonds. The number of hydrogen-bond acceptors (Lipinski definition) is 4. The number of nitrogens with zero attached hydrogens (tertiary/aromatic N) is 1. The molecular weight excluding hydrogens is 248 g/mol. The molecule has 2 heterocycles. The summed E-state index contributed by atoms with van der Waals surface area (Å²) in [4.78, 5) is 23.2. The van der Waals surface area contributed by atoms with Crippen LogP contribution in [0, 0.1) is 0 Å². The monoisotopic (exact) mass is 258 g/mol. The molecule has 0 radical (unpaired) electrons. The number of H-pyrrole nitrogens is 2. The van der Waals surface area contributed by atoms with Gasteiger partial charge in [0.1, 0.15) is 11.0 Å². The van der Waals surface area contributed by atoms with E-state index in [4.69, 9.17) is 5.73 Å². The van der Waals surface area contributed by atoms with Crippen LogP contribution in [0.25, 0.3) is 11.0 Å². The minimum Gasteiger partial charge on any atom is -0.369 e. The van der Waals surface area contributed by atoms with Crippen LogP contribution in [0.5, 0.6) is 0 Å². The Kier molecular flexibility index (Phi) is 2.56. The number of nitrogens with two attached hydrogens (primary N) is 1. The second kappa shape index (κ2) is 4.23. The third-order valence-electron chi connectivity index (χ3n) is 2.49. The zero-order valence-corrected chi connectivity index (χ0v) is 10.1. The number of aromatic amines is 2. The molecule has 1 aromatic carbocycles. The van der Waals surface area contributed by atoms with Gasteiger partial charge in [-0.15, -0.1) is 0 Å². The highest BCUT2D eigenvalue weighted by atomic mass is 32.2. The van der Waals surface area contributed by atoms with E-state index in [0.717, 1.165) is 9.79 Å². The van der Waals surface area contributed by atoms with E-state index >= 15 is 0 Å². The van der Waals surface area contributed by atoms with Gasteiger partial charge in [0, 0.05) is 11.1 Å². The zero-order chi connectivity index (χ0) is 12.5. The third-order valence-corrected chi connectivity index (χ3v) is 3.53. The van der Waals surface area contributed by atoms with E-state index in [1.54, 1.807) is 6.20 Å². The van der Waals surface area contributed by atoms with Gasteiger partial charge in [-0.25, -0.2) is 4.98 Å². The summed E-state index contributed by atoms with van der Waals surface area (Å²) >= 11 is 1.54. The van der Waals surface area contributed by atoms with Crippen molar-refractivity contribution in [1.29, 1.82) is 0 Å². The van der Waals surface area contributed by atoms with Gasteiger partial charge in [-0.1, -0.05) is 30.0 Å². The lowest BCUT2D eigenvalue weighted by Gasteiger charge is -1.99. The predicted octanol–water partition coefficient (Wildman–Crippen LogP) is 1.98. The number of benzene rings is 1. The van der Waals surface area contributed by atoms with E-state index in [1.807, 2.05) is 30.3 Å². The summed E-state index contributed by atoms with van der Waals surface area (Å²) in [5.74, 6) is 0.127. The van der Waals surface area contributed by atoms with Crippen LogP contribution in [-0.2, 0) is 0 Å². The highest BCUT2D eigenvalue weighted by Gasteiger charge is 2.10. The Hall–Kier alpha value is -2.21. The maximum absolute atomic E-state index is 11.6. The van der Waals surface area contributed by atoms with E-state index in [1.165, 1.54) is 11.8 Å². The second-order valence-electron chi connectivity index (χ2n) is 3.74. The smallest absolute Gasteiger partial charge is 0.276 e. The highest BCUT2D eigenvalue weighted by molar-refractivity contribution is 7.99. The molecule has 0 aliphatic heterocycles. The first kappa shape index (κ1) is 10.9. The average Bonchev–Trinajstić information content (AvgIpc) is 2.74. The van der Waals surface area contributed by atoms with Crippen molar-refractivity contribution in [2.24, 2.45) is 0 Å². The van der Waals surface area contributed by atoms with Crippen LogP contribution in [0.3, 0.4) is 0 Å². The molecule has 6 heteroatoms. The van der Waals surface area contributed by atoms with Crippen LogP contribution in [0.15, 0.2) is 51.1 Å². The molecule has 90 valence electrons. The molecule has 3 aromatic rings. The molecule has 0 saturated carbocycles. The van der Waals surface area contributed by atoms with Gasteiger partial charge in [0.05, 0.1) is 4.90 Å². The molecule has 0 bridgehead atoms. The van der Waals surface area contributed by atoms with Crippen LogP contribution in [0.2, 0.25) is 0 Å². The molecule has 0 unspecified atom stereocenters. The van der Waals surface area contributed by atoms with E-state index in [-0.39, 0.29) is 11.5 Å². The minimum atomic E-state index is -0.252. The fourth-order valence-electron chi connectivity index (χ4n) is 1.70. The van der Waals surface area contributed by atoms with E-state index in [2.05, 4.69) is 15.0 Å². The van der Waals surface area contributed by atoms with Crippen molar-refractivity contribution in [3.63, 3.8) is 0 Å². The summed E-state index contributed by atoms with van der Waals surface area (Å²) < 4.78 is 0. The summed E-state index contributed by atoms with van der Waals surface area (Å²) in [5.41, 5.74) is 6.35. The number of hydrogen-bond donors (Lipinski definition) is 3. The number of nitrogen functional groups attached to an aromatic ring is 1. The van der Waals surface area contributed by atoms with E-state index in [9.17, 15) is 4.79 Å². The molecule has 0 spiro atoms. The van der Waals surface area contributed by atoms with Crippen LogP contribution < -0.4 is 11.3 Å². The maximum Gasteiger partial charge on any atom is 0.276 e. The Morgan fingerprint density at radius 1 is 1.22 bits per heavy atom. The number of nitrogens with one attached hydrogen (secondary N) is 2. The molecule has 0 fully saturated rings. The third kappa shape index (κ3) is 1.86. The van der Waals surface area contributed by atoms with Gasteiger partial charge in [-0.2, -0.15) is 0 Å². The van der Waals surface area contributed by atoms with Crippen molar-refractivity contribution in [2.75, 3.05) is 5.73 Å². The van der Waals surface area contributed by atoms with Crippen molar-refractivity contribution in [3.8, 4) is 0 Å². The molecule has 5 nitrogen and oxygen atoms in total. The molecule has 0 aliphatic carbocycles. The Labute approximate surface area is 106 Å². The fraction of sp³-hybridized carbons (Fsp3) is 0. The van der Waals surface area contributed by atoms with Crippen LogP contribution in [0.4, 0.5) is 5.95 Å². The largest absolute Gasteiger partial charge is 0.369 e. The molecule has 0 aliphatic rings. The van der Waals surface area contributed by atoms with Gasteiger partial charge in [-0.05, 0) is 12.1 Å². The van der Waals surface area contributed by atoms with Gasteiger partial charge < -0.3 is 10.7 Å².